The minimum atomic E-state index is -0.945. The van der Waals surface area contributed by atoms with Gasteiger partial charge in [-0.3, -0.25) is 9.59 Å². The van der Waals surface area contributed by atoms with E-state index in [4.69, 9.17) is 4.74 Å². The topological polar surface area (TPSA) is 66.8 Å². The van der Waals surface area contributed by atoms with Crippen molar-refractivity contribution in [2.75, 3.05) is 7.11 Å². The Kier molecular flexibility index (Phi) is 5.87. The number of rotatable bonds is 7. The molecule has 158 valence electrons. The number of aliphatic hydroxyl groups excluding tert-OH is 1. The third-order valence-corrected chi connectivity index (χ3v) is 5.85. The molecule has 0 bridgehead atoms. The van der Waals surface area contributed by atoms with Gasteiger partial charge in [-0.05, 0) is 30.2 Å². The van der Waals surface area contributed by atoms with Gasteiger partial charge in [0.25, 0.3) is 0 Å². The summed E-state index contributed by atoms with van der Waals surface area (Å²) in [7, 11) is 1.51. The summed E-state index contributed by atoms with van der Waals surface area (Å²) in [5.41, 5.74) is 2.21. The lowest BCUT2D eigenvalue weighted by atomic mass is 9.76. The van der Waals surface area contributed by atoms with Crippen LogP contribution in [0.15, 0.2) is 84.9 Å². The molecule has 0 aromatic heterocycles. The number of aliphatic hydroxyl groups is 1. The molecule has 31 heavy (non-hydrogen) atoms. The molecular formula is C26H25NO4. The highest BCUT2D eigenvalue weighted by atomic mass is 16.5. The Morgan fingerprint density at radius 2 is 1.42 bits per heavy atom. The van der Waals surface area contributed by atoms with Crippen molar-refractivity contribution in [2.45, 2.75) is 25.1 Å². The first-order valence-electron chi connectivity index (χ1n) is 10.3. The van der Waals surface area contributed by atoms with Crippen LogP contribution in [0.3, 0.4) is 0 Å². The molecule has 0 unspecified atom stereocenters. The average Bonchev–Trinajstić information content (AvgIpc) is 2.81. The molecule has 3 aromatic carbocycles. The highest BCUT2D eigenvalue weighted by Gasteiger charge is 2.56. The molecule has 1 aliphatic heterocycles. The number of ketones is 1. The molecule has 0 aliphatic carbocycles. The molecule has 5 nitrogen and oxygen atoms in total. The molecular weight excluding hydrogens is 390 g/mol. The number of carbonyl (C=O) groups excluding carboxylic acids is 2. The van der Waals surface area contributed by atoms with Crippen LogP contribution >= 0.6 is 0 Å². The zero-order valence-corrected chi connectivity index (χ0v) is 17.5. The zero-order valence-electron chi connectivity index (χ0n) is 17.5. The Morgan fingerprint density at radius 1 is 0.903 bits per heavy atom. The summed E-state index contributed by atoms with van der Waals surface area (Å²) in [4.78, 5) is 28.5. The Bertz CT molecular complexity index is 1030. The van der Waals surface area contributed by atoms with Crippen molar-refractivity contribution in [2.24, 2.45) is 5.92 Å². The number of carbonyl (C=O) groups is 2. The smallest absolute Gasteiger partial charge is 0.232 e. The Hall–Kier alpha value is -3.44. The fraction of sp³-hybridized carbons (Fsp3) is 0.231. The predicted octanol–water partition coefficient (Wildman–Crippen LogP) is 3.88. The summed E-state index contributed by atoms with van der Waals surface area (Å²) in [6.45, 7) is 1.56. The van der Waals surface area contributed by atoms with E-state index in [0.29, 0.717) is 11.3 Å². The van der Waals surface area contributed by atoms with Crippen LogP contribution in [0.1, 0.15) is 34.5 Å². The van der Waals surface area contributed by atoms with Crippen LogP contribution in [-0.4, -0.2) is 41.0 Å². The van der Waals surface area contributed by atoms with Gasteiger partial charge in [0.2, 0.25) is 5.91 Å². The Morgan fingerprint density at radius 3 is 1.94 bits per heavy atom. The number of methoxy groups -OCH3 is 1. The number of likely N-dealkylation sites (tertiary alicyclic amines) is 1. The highest BCUT2D eigenvalue weighted by molar-refractivity contribution is 6.10. The first-order chi connectivity index (χ1) is 15.0. The van der Waals surface area contributed by atoms with E-state index in [9.17, 15) is 14.7 Å². The van der Waals surface area contributed by atoms with E-state index in [2.05, 4.69) is 0 Å². The standard InChI is InChI=1S/C26H25NO4/c1-17(28)22-24(25(29)20-15-9-10-16-21(20)31-2)27(26(22)30)23(18-11-5-3-6-12-18)19-13-7-4-8-14-19/h3-17,22-24,28H,1-2H3/t17-,22-,24+/m1/s1. The number of hydrogen-bond donors (Lipinski definition) is 1. The van der Waals surface area contributed by atoms with Gasteiger partial charge in [0.15, 0.2) is 5.78 Å². The molecule has 1 N–H and O–H groups in total. The molecule has 1 aliphatic rings. The van der Waals surface area contributed by atoms with Crippen molar-refractivity contribution in [3.8, 4) is 5.75 Å². The number of Topliss-reactive ketones (excluding diaryl/α,β-unsaturated/α-hetero) is 1. The van der Waals surface area contributed by atoms with E-state index in [1.165, 1.54) is 7.11 Å². The normalized spacial score (nSPS) is 19.1. The third kappa shape index (κ3) is 3.73. The Labute approximate surface area is 181 Å². The number of ether oxygens (including phenoxy) is 1. The quantitative estimate of drug-likeness (QED) is 0.470. The van der Waals surface area contributed by atoms with Gasteiger partial charge in [0.1, 0.15) is 11.8 Å². The second-order valence-corrected chi connectivity index (χ2v) is 7.75. The number of hydrogen-bond acceptors (Lipinski definition) is 4. The molecule has 0 saturated carbocycles. The predicted molar refractivity (Wildman–Crippen MR) is 118 cm³/mol. The van der Waals surface area contributed by atoms with E-state index in [-0.39, 0.29) is 11.7 Å². The van der Waals surface area contributed by atoms with Crippen LogP contribution in [0, 0.1) is 5.92 Å². The molecule has 0 spiro atoms. The van der Waals surface area contributed by atoms with E-state index in [0.717, 1.165) is 11.1 Å². The molecule has 3 atom stereocenters. The van der Waals surface area contributed by atoms with Gasteiger partial charge < -0.3 is 14.7 Å². The van der Waals surface area contributed by atoms with Crippen molar-refractivity contribution < 1.29 is 19.4 Å². The first-order valence-corrected chi connectivity index (χ1v) is 10.3. The van der Waals surface area contributed by atoms with Crippen molar-refractivity contribution in [1.29, 1.82) is 0 Å². The number of para-hydroxylation sites is 1. The van der Waals surface area contributed by atoms with Crippen LogP contribution in [-0.2, 0) is 4.79 Å². The molecule has 0 radical (unpaired) electrons. The van der Waals surface area contributed by atoms with Gasteiger partial charge in [0.05, 0.1) is 30.7 Å². The zero-order chi connectivity index (χ0) is 22.0. The van der Waals surface area contributed by atoms with Gasteiger partial charge in [-0.25, -0.2) is 0 Å². The number of nitrogens with zero attached hydrogens (tertiary/aromatic N) is 1. The van der Waals surface area contributed by atoms with Gasteiger partial charge in [-0.1, -0.05) is 72.8 Å². The molecule has 5 heteroatoms. The fourth-order valence-corrected chi connectivity index (χ4v) is 4.37. The lowest BCUT2D eigenvalue weighted by Crippen LogP contribution is -2.68. The maximum Gasteiger partial charge on any atom is 0.232 e. The largest absolute Gasteiger partial charge is 0.496 e. The maximum atomic E-state index is 13.7. The van der Waals surface area contributed by atoms with Crippen LogP contribution in [0.2, 0.25) is 0 Å². The number of β-lactam (4-membered cyclic amide) rings is 1. The average molecular weight is 415 g/mol. The maximum absolute atomic E-state index is 13.7. The van der Waals surface area contributed by atoms with Crippen molar-refractivity contribution in [3.05, 3.63) is 102 Å². The monoisotopic (exact) mass is 415 g/mol. The highest BCUT2D eigenvalue weighted by Crippen LogP contribution is 2.42. The van der Waals surface area contributed by atoms with E-state index in [1.54, 1.807) is 36.1 Å². The fourth-order valence-electron chi connectivity index (χ4n) is 4.37. The van der Waals surface area contributed by atoms with Gasteiger partial charge in [0, 0.05) is 0 Å². The van der Waals surface area contributed by atoms with E-state index >= 15 is 0 Å². The summed E-state index contributed by atoms with van der Waals surface area (Å²) in [6, 6.07) is 25.0. The minimum Gasteiger partial charge on any atom is -0.496 e. The molecule has 4 rings (SSSR count). The van der Waals surface area contributed by atoms with Gasteiger partial charge in [-0.2, -0.15) is 0 Å². The van der Waals surface area contributed by atoms with Crippen LogP contribution in [0.25, 0.3) is 0 Å². The lowest BCUT2D eigenvalue weighted by Gasteiger charge is -2.51. The summed E-state index contributed by atoms with van der Waals surface area (Å²) >= 11 is 0. The van der Waals surface area contributed by atoms with Crippen LogP contribution in [0.4, 0.5) is 0 Å². The van der Waals surface area contributed by atoms with Crippen molar-refractivity contribution in [1.82, 2.24) is 4.90 Å². The summed E-state index contributed by atoms with van der Waals surface area (Å²) in [6.07, 6.45) is -0.945. The first kappa shape index (κ1) is 20.8. The Balaban J connectivity index is 1.82. The van der Waals surface area contributed by atoms with Gasteiger partial charge >= 0.3 is 0 Å². The van der Waals surface area contributed by atoms with E-state index < -0.39 is 24.1 Å². The molecule has 1 fully saturated rings. The SMILES string of the molecule is COc1ccccc1C(=O)[C@@H]1[C@@H]([C@@H](C)O)C(=O)N1C(c1ccccc1)c1ccccc1. The number of amides is 1. The van der Waals surface area contributed by atoms with Crippen LogP contribution < -0.4 is 4.74 Å². The van der Waals surface area contributed by atoms with Gasteiger partial charge in [-0.15, -0.1) is 0 Å². The summed E-state index contributed by atoms with van der Waals surface area (Å²) in [5, 5.41) is 10.3. The lowest BCUT2D eigenvalue weighted by molar-refractivity contribution is -0.163. The second-order valence-electron chi connectivity index (χ2n) is 7.75. The second kappa shape index (κ2) is 8.74. The molecule has 1 heterocycles. The van der Waals surface area contributed by atoms with Crippen molar-refractivity contribution >= 4 is 11.7 Å². The minimum absolute atomic E-state index is 0.235. The third-order valence-electron chi connectivity index (χ3n) is 5.85. The molecule has 1 amide bonds. The molecule has 1 saturated heterocycles. The summed E-state index contributed by atoms with van der Waals surface area (Å²) < 4.78 is 5.39. The number of benzene rings is 3. The van der Waals surface area contributed by atoms with Crippen molar-refractivity contribution in [3.63, 3.8) is 0 Å². The molecule has 3 aromatic rings. The van der Waals surface area contributed by atoms with E-state index in [1.807, 2.05) is 60.7 Å². The summed E-state index contributed by atoms with van der Waals surface area (Å²) in [5.74, 6) is -0.819. The van der Waals surface area contributed by atoms with Crippen LogP contribution in [0.5, 0.6) is 5.75 Å².